The number of methoxy groups -OCH3 is 1. The summed E-state index contributed by atoms with van der Waals surface area (Å²) in [5.41, 5.74) is 2.88. The second kappa shape index (κ2) is 11.9. The van der Waals surface area contributed by atoms with Gasteiger partial charge in [0.2, 0.25) is 11.8 Å². The summed E-state index contributed by atoms with van der Waals surface area (Å²) in [7, 11) is 1.62. The molecule has 3 aromatic carbocycles. The smallest absolute Gasteiger partial charge is 0.247 e. The van der Waals surface area contributed by atoms with Crippen molar-refractivity contribution in [2.75, 3.05) is 13.7 Å². The molecule has 5 nitrogen and oxygen atoms in total. The van der Waals surface area contributed by atoms with Crippen LogP contribution in [0.3, 0.4) is 0 Å². The zero-order chi connectivity index (χ0) is 23.6. The van der Waals surface area contributed by atoms with Crippen molar-refractivity contribution in [3.63, 3.8) is 0 Å². The standard InChI is InChI=1S/C28H32N2O3/c1-21(2)28(32)30(20-23-14-16-25(33-3)17-15-23)26(24-12-8-5-9-13-24)27(31)29-19-18-22-10-6-4-7-11-22/h4-17,21,26H,18-20H2,1-3H3,(H,29,31)/t26-/m1/s1. The molecule has 3 aromatic rings. The molecule has 0 aliphatic rings. The third-order valence-corrected chi connectivity index (χ3v) is 5.52. The molecule has 0 radical (unpaired) electrons. The summed E-state index contributed by atoms with van der Waals surface area (Å²) < 4.78 is 5.25. The average molecular weight is 445 g/mol. The van der Waals surface area contributed by atoms with Gasteiger partial charge in [0.15, 0.2) is 0 Å². The van der Waals surface area contributed by atoms with Crippen molar-refractivity contribution in [2.45, 2.75) is 32.9 Å². The Morgan fingerprint density at radius 3 is 2.03 bits per heavy atom. The minimum absolute atomic E-state index is 0.0714. The first-order chi connectivity index (χ1) is 16.0. The van der Waals surface area contributed by atoms with E-state index < -0.39 is 6.04 Å². The van der Waals surface area contributed by atoms with E-state index in [2.05, 4.69) is 5.32 Å². The van der Waals surface area contributed by atoms with Crippen molar-refractivity contribution in [1.29, 1.82) is 0 Å². The third kappa shape index (κ3) is 6.69. The van der Waals surface area contributed by atoms with Crippen molar-refractivity contribution in [3.05, 3.63) is 102 Å². The van der Waals surface area contributed by atoms with Crippen LogP contribution in [0.25, 0.3) is 0 Å². The highest BCUT2D eigenvalue weighted by Crippen LogP contribution is 2.26. The van der Waals surface area contributed by atoms with Crippen LogP contribution in [-0.4, -0.2) is 30.4 Å². The quantitative estimate of drug-likeness (QED) is 0.490. The monoisotopic (exact) mass is 444 g/mol. The van der Waals surface area contributed by atoms with E-state index in [0.717, 1.165) is 28.9 Å². The van der Waals surface area contributed by atoms with E-state index in [1.54, 1.807) is 12.0 Å². The highest BCUT2D eigenvalue weighted by atomic mass is 16.5. The number of hydrogen-bond acceptors (Lipinski definition) is 3. The number of amides is 2. The van der Waals surface area contributed by atoms with E-state index in [9.17, 15) is 9.59 Å². The maximum Gasteiger partial charge on any atom is 0.247 e. The molecule has 0 spiro atoms. The second-order valence-electron chi connectivity index (χ2n) is 8.31. The molecule has 1 atom stereocenters. The van der Waals surface area contributed by atoms with E-state index in [0.29, 0.717) is 13.1 Å². The summed E-state index contributed by atoms with van der Waals surface area (Å²) in [5.74, 6) is 0.253. The molecule has 0 saturated heterocycles. The fourth-order valence-electron chi connectivity index (χ4n) is 3.74. The lowest BCUT2D eigenvalue weighted by atomic mass is 10.0. The van der Waals surface area contributed by atoms with Crippen LogP contribution < -0.4 is 10.1 Å². The maximum atomic E-state index is 13.5. The number of hydrogen-bond donors (Lipinski definition) is 1. The summed E-state index contributed by atoms with van der Waals surface area (Å²) in [6.45, 7) is 4.54. The molecule has 33 heavy (non-hydrogen) atoms. The van der Waals surface area contributed by atoms with Crippen LogP contribution in [0.15, 0.2) is 84.9 Å². The van der Waals surface area contributed by atoms with E-state index in [4.69, 9.17) is 4.74 Å². The van der Waals surface area contributed by atoms with Crippen LogP contribution in [0.1, 0.15) is 36.6 Å². The van der Waals surface area contributed by atoms with Gasteiger partial charge in [0.25, 0.3) is 0 Å². The number of carbonyl (C=O) groups is 2. The lowest BCUT2D eigenvalue weighted by Gasteiger charge is -2.33. The average Bonchev–Trinajstić information content (AvgIpc) is 2.85. The molecule has 2 amide bonds. The van der Waals surface area contributed by atoms with Gasteiger partial charge < -0.3 is 15.0 Å². The Hall–Kier alpha value is -3.60. The molecule has 1 N–H and O–H groups in total. The minimum atomic E-state index is -0.723. The molecule has 0 unspecified atom stereocenters. The molecule has 0 bridgehead atoms. The van der Waals surface area contributed by atoms with Crippen LogP contribution >= 0.6 is 0 Å². The molecule has 3 rings (SSSR count). The lowest BCUT2D eigenvalue weighted by Crippen LogP contribution is -2.45. The predicted octanol–water partition coefficient (Wildman–Crippen LogP) is 4.78. The first kappa shape index (κ1) is 24.1. The summed E-state index contributed by atoms with van der Waals surface area (Å²) in [4.78, 5) is 28.5. The topological polar surface area (TPSA) is 58.6 Å². The summed E-state index contributed by atoms with van der Waals surface area (Å²) in [6, 6.07) is 26.4. The van der Waals surface area contributed by atoms with Crippen LogP contribution in [0.2, 0.25) is 0 Å². The van der Waals surface area contributed by atoms with Crippen molar-refractivity contribution in [1.82, 2.24) is 10.2 Å². The molecule has 172 valence electrons. The number of rotatable bonds is 10. The number of ether oxygens (including phenoxy) is 1. The van der Waals surface area contributed by atoms with E-state index in [-0.39, 0.29) is 17.7 Å². The Morgan fingerprint density at radius 1 is 0.848 bits per heavy atom. The molecule has 0 aromatic heterocycles. The van der Waals surface area contributed by atoms with E-state index in [1.165, 1.54) is 0 Å². The molecule has 0 saturated carbocycles. The lowest BCUT2D eigenvalue weighted by molar-refractivity contribution is -0.144. The van der Waals surface area contributed by atoms with E-state index in [1.807, 2.05) is 98.8 Å². The fraction of sp³-hybridized carbons (Fsp3) is 0.286. The van der Waals surface area contributed by atoms with Gasteiger partial charge in [-0.1, -0.05) is 86.6 Å². The summed E-state index contributed by atoms with van der Waals surface area (Å²) in [5, 5.41) is 3.06. The molecular formula is C28H32N2O3. The molecule has 0 aliphatic carbocycles. The Labute approximate surface area is 196 Å². The summed E-state index contributed by atoms with van der Waals surface area (Å²) >= 11 is 0. The molecule has 0 heterocycles. The van der Waals surface area contributed by atoms with Crippen molar-refractivity contribution in [2.24, 2.45) is 5.92 Å². The van der Waals surface area contributed by atoms with Gasteiger partial charge in [-0.15, -0.1) is 0 Å². The fourth-order valence-corrected chi connectivity index (χ4v) is 3.74. The SMILES string of the molecule is COc1ccc(CN(C(=O)C(C)C)[C@@H](C(=O)NCCc2ccccc2)c2ccccc2)cc1. The van der Waals surface area contributed by atoms with E-state index >= 15 is 0 Å². The first-order valence-corrected chi connectivity index (χ1v) is 11.3. The van der Waals surface area contributed by atoms with Gasteiger partial charge >= 0.3 is 0 Å². The Kier molecular flexibility index (Phi) is 8.64. The van der Waals surface area contributed by atoms with Crippen molar-refractivity contribution in [3.8, 4) is 5.75 Å². The summed E-state index contributed by atoms with van der Waals surface area (Å²) in [6.07, 6.45) is 0.727. The predicted molar refractivity (Wildman–Crippen MR) is 131 cm³/mol. The van der Waals surface area contributed by atoms with Crippen LogP contribution in [0.4, 0.5) is 0 Å². The largest absolute Gasteiger partial charge is 0.497 e. The van der Waals surface area contributed by atoms with Gasteiger partial charge in [-0.05, 0) is 35.2 Å². The Bertz CT molecular complexity index is 1020. The molecule has 0 aliphatic heterocycles. The zero-order valence-corrected chi connectivity index (χ0v) is 19.5. The van der Waals surface area contributed by atoms with Crippen LogP contribution in [-0.2, 0) is 22.6 Å². The second-order valence-corrected chi connectivity index (χ2v) is 8.31. The van der Waals surface area contributed by atoms with Gasteiger partial charge in [0.05, 0.1) is 7.11 Å². The Balaban J connectivity index is 1.86. The minimum Gasteiger partial charge on any atom is -0.497 e. The Morgan fingerprint density at radius 2 is 1.45 bits per heavy atom. The van der Waals surface area contributed by atoms with Crippen molar-refractivity contribution >= 4 is 11.8 Å². The van der Waals surface area contributed by atoms with Gasteiger partial charge in [0, 0.05) is 19.0 Å². The molecule has 0 fully saturated rings. The zero-order valence-electron chi connectivity index (χ0n) is 19.5. The van der Waals surface area contributed by atoms with Gasteiger partial charge in [-0.3, -0.25) is 9.59 Å². The van der Waals surface area contributed by atoms with Gasteiger partial charge in [0.1, 0.15) is 11.8 Å². The highest BCUT2D eigenvalue weighted by molar-refractivity contribution is 5.89. The van der Waals surface area contributed by atoms with Crippen LogP contribution in [0.5, 0.6) is 5.75 Å². The molecule has 5 heteroatoms. The first-order valence-electron chi connectivity index (χ1n) is 11.3. The normalized spacial score (nSPS) is 11.6. The highest BCUT2D eigenvalue weighted by Gasteiger charge is 2.32. The van der Waals surface area contributed by atoms with Crippen LogP contribution in [0, 0.1) is 5.92 Å². The third-order valence-electron chi connectivity index (χ3n) is 5.52. The van der Waals surface area contributed by atoms with Crippen molar-refractivity contribution < 1.29 is 14.3 Å². The number of benzene rings is 3. The number of carbonyl (C=O) groups excluding carboxylic acids is 2. The molecular weight excluding hydrogens is 412 g/mol. The number of nitrogens with zero attached hydrogens (tertiary/aromatic N) is 1. The number of nitrogens with one attached hydrogen (secondary N) is 1. The van der Waals surface area contributed by atoms with Gasteiger partial charge in [-0.25, -0.2) is 0 Å². The van der Waals surface area contributed by atoms with Gasteiger partial charge in [-0.2, -0.15) is 0 Å². The maximum absolute atomic E-state index is 13.5.